The summed E-state index contributed by atoms with van der Waals surface area (Å²) in [4.78, 5) is 25.3. The maximum Gasteiger partial charge on any atom is 0.338 e. The summed E-state index contributed by atoms with van der Waals surface area (Å²) in [7, 11) is 0. The maximum absolute atomic E-state index is 12.3. The highest BCUT2D eigenvalue weighted by Gasteiger charge is 2.31. The van der Waals surface area contributed by atoms with Crippen molar-refractivity contribution in [3.63, 3.8) is 0 Å². The first-order valence-corrected chi connectivity index (χ1v) is 12.4. The van der Waals surface area contributed by atoms with Crippen molar-refractivity contribution in [2.75, 3.05) is 13.1 Å². The van der Waals surface area contributed by atoms with Crippen molar-refractivity contribution in [3.8, 4) is 0 Å². The number of carbonyl (C=O) groups excluding carboxylic acids is 2. The normalized spacial score (nSPS) is 17.5. The lowest BCUT2D eigenvalue weighted by atomic mass is 9.86. The fourth-order valence-corrected chi connectivity index (χ4v) is 4.88. The predicted octanol–water partition coefficient (Wildman–Crippen LogP) is 4.91. The van der Waals surface area contributed by atoms with E-state index >= 15 is 0 Å². The van der Waals surface area contributed by atoms with Crippen LogP contribution in [0, 0.1) is 0 Å². The summed E-state index contributed by atoms with van der Waals surface area (Å²) in [6, 6.07) is 31.2. The average Bonchev–Trinajstić information content (AvgIpc) is 2.95. The van der Waals surface area contributed by atoms with E-state index in [1.54, 1.807) is 24.3 Å². The number of fused-ring (bicyclic) bond motifs is 1. The summed E-state index contributed by atoms with van der Waals surface area (Å²) in [6.07, 6.45) is -0.900. The van der Waals surface area contributed by atoms with Gasteiger partial charge in [0.15, 0.2) is 0 Å². The van der Waals surface area contributed by atoms with Gasteiger partial charge in [-0.25, -0.2) is 4.79 Å². The third-order valence-corrected chi connectivity index (χ3v) is 6.85. The topological polar surface area (TPSA) is 78.9 Å². The number of esters is 1. The molecule has 0 bridgehead atoms. The molecule has 2 atom stereocenters. The van der Waals surface area contributed by atoms with Crippen molar-refractivity contribution in [1.82, 2.24) is 4.90 Å². The molecule has 37 heavy (non-hydrogen) atoms. The molecular weight excluding hydrogens is 466 g/mol. The van der Waals surface area contributed by atoms with Crippen LogP contribution in [0.3, 0.4) is 0 Å². The molecule has 6 heteroatoms. The molecule has 0 aliphatic carbocycles. The van der Waals surface area contributed by atoms with Crippen LogP contribution in [-0.2, 0) is 22.7 Å². The van der Waals surface area contributed by atoms with Crippen LogP contribution in [0.25, 0.3) is 10.8 Å². The summed E-state index contributed by atoms with van der Waals surface area (Å²) < 4.78 is 11.9. The Morgan fingerprint density at radius 3 is 2.38 bits per heavy atom. The number of hydrogen-bond acceptors (Lipinski definition) is 5. The van der Waals surface area contributed by atoms with E-state index in [1.807, 2.05) is 48.5 Å². The lowest BCUT2D eigenvalue weighted by Gasteiger charge is -2.40. The molecule has 0 saturated carbocycles. The quantitative estimate of drug-likeness (QED) is 0.341. The molecule has 4 aromatic rings. The van der Waals surface area contributed by atoms with E-state index in [1.165, 1.54) is 4.90 Å². The summed E-state index contributed by atoms with van der Waals surface area (Å²) in [5.41, 5.74) is 3.45. The highest BCUT2D eigenvalue weighted by atomic mass is 16.5. The minimum atomic E-state index is -1.18. The Bertz CT molecular complexity index is 1390. The van der Waals surface area contributed by atoms with Gasteiger partial charge >= 0.3 is 5.97 Å². The molecule has 1 saturated heterocycles. The molecule has 0 spiro atoms. The van der Waals surface area contributed by atoms with Gasteiger partial charge in [-0.2, -0.15) is 0 Å². The molecule has 1 heterocycles. The minimum absolute atomic E-state index is 0.000770. The van der Waals surface area contributed by atoms with Crippen molar-refractivity contribution in [1.29, 1.82) is 0 Å². The van der Waals surface area contributed by atoms with Gasteiger partial charge < -0.3 is 24.3 Å². The first-order chi connectivity index (χ1) is 18.1. The molecule has 188 valence electrons. The van der Waals surface area contributed by atoms with E-state index in [2.05, 4.69) is 24.3 Å². The molecule has 1 aliphatic heterocycles. The van der Waals surface area contributed by atoms with E-state index in [0.29, 0.717) is 25.1 Å². The summed E-state index contributed by atoms with van der Waals surface area (Å²) in [6.45, 7) is 1.16. The van der Waals surface area contributed by atoms with Crippen LogP contribution in [0.2, 0.25) is 0 Å². The monoisotopic (exact) mass is 494 g/mol. The highest BCUT2D eigenvalue weighted by molar-refractivity contribution is 5.89. The summed E-state index contributed by atoms with van der Waals surface area (Å²) >= 11 is 0. The van der Waals surface area contributed by atoms with E-state index in [4.69, 9.17) is 9.47 Å². The van der Waals surface area contributed by atoms with Gasteiger partial charge in [-0.1, -0.05) is 78.9 Å². The van der Waals surface area contributed by atoms with Gasteiger partial charge in [-0.15, -0.1) is 0 Å². The standard InChI is InChI=1S/C31H29NO5/c33-30(25-9-2-1-3-10-25)37-21-22-7-6-12-27(18-22)28-15-16-32(31(34)35)19-29(28)36-20-23-13-14-24-8-4-5-11-26(24)17-23/h1-14,17-18,28-29H,15-16,19-21H2,(H,34,35)/p-1. The van der Waals surface area contributed by atoms with Crippen LogP contribution in [-0.4, -0.2) is 36.2 Å². The van der Waals surface area contributed by atoms with Gasteiger partial charge in [0.05, 0.1) is 18.3 Å². The van der Waals surface area contributed by atoms with Crippen LogP contribution < -0.4 is 5.11 Å². The summed E-state index contributed by atoms with van der Waals surface area (Å²) in [5.74, 6) is -0.370. The van der Waals surface area contributed by atoms with Gasteiger partial charge in [0.2, 0.25) is 0 Å². The zero-order valence-electron chi connectivity index (χ0n) is 20.4. The number of likely N-dealkylation sites (tertiary alicyclic amines) is 1. The molecule has 5 rings (SSSR count). The third kappa shape index (κ3) is 5.98. The van der Waals surface area contributed by atoms with Crippen LogP contribution in [0.4, 0.5) is 4.79 Å². The summed E-state index contributed by atoms with van der Waals surface area (Å²) in [5, 5.41) is 13.9. The second-order valence-electron chi connectivity index (χ2n) is 9.33. The van der Waals surface area contributed by atoms with Crippen LogP contribution in [0.5, 0.6) is 0 Å². The van der Waals surface area contributed by atoms with Crippen LogP contribution >= 0.6 is 0 Å². The number of ether oxygens (including phenoxy) is 2. The van der Waals surface area contributed by atoms with Crippen molar-refractivity contribution < 1.29 is 24.2 Å². The minimum Gasteiger partial charge on any atom is -0.530 e. The Morgan fingerprint density at radius 2 is 1.57 bits per heavy atom. The number of amides is 1. The fraction of sp³-hybridized carbons (Fsp3) is 0.226. The van der Waals surface area contributed by atoms with Gasteiger partial charge in [0.25, 0.3) is 0 Å². The number of carboxylic acid groups (broad SMARTS) is 1. The van der Waals surface area contributed by atoms with Crippen molar-refractivity contribution >= 4 is 22.8 Å². The van der Waals surface area contributed by atoms with E-state index in [-0.39, 0.29) is 31.1 Å². The molecule has 0 N–H and O–H groups in total. The molecule has 0 radical (unpaired) electrons. The van der Waals surface area contributed by atoms with Gasteiger partial charge in [0, 0.05) is 19.0 Å². The Hall–Kier alpha value is -4.16. The Balaban J connectivity index is 1.30. The predicted molar refractivity (Wildman–Crippen MR) is 139 cm³/mol. The average molecular weight is 495 g/mol. The first-order valence-electron chi connectivity index (χ1n) is 12.4. The van der Waals surface area contributed by atoms with Crippen molar-refractivity contribution in [3.05, 3.63) is 119 Å². The zero-order valence-corrected chi connectivity index (χ0v) is 20.4. The van der Waals surface area contributed by atoms with E-state index in [0.717, 1.165) is 27.5 Å². The Kier molecular flexibility index (Phi) is 7.47. The lowest BCUT2D eigenvalue weighted by molar-refractivity contribution is -0.268. The Labute approximate surface area is 216 Å². The first kappa shape index (κ1) is 24.5. The zero-order chi connectivity index (χ0) is 25.6. The molecule has 1 amide bonds. The largest absolute Gasteiger partial charge is 0.530 e. The van der Waals surface area contributed by atoms with Gasteiger partial charge in [-0.3, -0.25) is 0 Å². The van der Waals surface area contributed by atoms with E-state index in [9.17, 15) is 14.7 Å². The van der Waals surface area contributed by atoms with Crippen molar-refractivity contribution in [2.45, 2.75) is 31.7 Å². The number of hydrogen-bond donors (Lipinski definition) is 0. The molecule has 2 unspecified atom stereocenters. The molecule has 1 fully saturated rings. The molecule has 1 aliphatic rings. The Morgan fingerprint density at radius 1 is 0.811 bits per heavy atom. The van der Waals surface area contributed by atoms with Crippen LogP contribution in [0.1, 0.15) is 39.4 Å². The molecule has 6 nitrogen and oxygen atoms in total. The molecule has 0 aromatic heterocycles. The maximum atomic E-state index is 12.3. The lowest BCUT2D eigenvalue weighted by Crippen LogP contribution is -2.51. The second kappa shape index (κ2) is 11.3. The molecular formula is C31H28NO5-. The van der Waals surface area contributed by atoms with Gasteiger partial charge in [-0.05, 0) is 52.1 Å². The highest BCUT2D eigenvalue weighted by Crippen LogP contribution is 2.32. The SMILES string of the molecule is O=C(OCc1cccc(C2CCN(C(=O)[O-])CC2OCc2ccc3ccccc3c2)c1)c1ccccc1. The number of piperidine rings is 1. The smallest absolute Gasteiger partial charge is 0.338 e. The number of nitrogens with zero attached hydrogens (tertiary/aromatic N) is 1. The molecule has 4 aromatic carbocycles. The second-order valence-corrected chi connectivity index (χ2v) is 9.33. The third-order valence-electron chi connectivity index (χ3n) is 6.85. The number of benzene rings is 4. The number of carbonyl (C=O) groups is 2. The number of rotatable bonds is 7. The van der Waals surface area contributed by atoms with E-state index < -0.39 is 6.09 Å². The van der Waals surface area contributed by atoms with Crippen LogP contribution in [0.15, 0.2) is 97.1 Å². The fourth-order valence-electron chi connectivity index (χ4n) is 4.88. The van der Waals surface area contributed by atoms with Crippen molar-refractivity contribution in [2.24, 2.45) is 0 Å². The van der Waals surface area contributed by atoms with Gasteiger partial charge in [0.1, 0.15) is 12.7 Å².